The van der Waals surface area contributed by atoms with E-state index in [1.165, 1.54) is 0 Å². The van der Waals surface area contributed by atoms with Crippen molar-refractivity contribution in [2.45, 2.75) is 6.92 Å². The molecule has 0 atom stereocenters. The molecule has 1 aromatic heterocycles. The van der Waals surface area contributed by atoms with Crippen LogP contribution in [0.5, 0.6) is 5.75 Å². The molecule has 0 saturated heterocycles. The van der Waals surface area contributed by atoms with E-state index in [9.17, 15) is 0 Å². The molecule has 1 aromatic carbocycles. The minimum absolute atomic E-state index is 0.647. The first-order chi connectivity index (χ1) is 8.63. The molecule has 1 heterocycles. The van der Waals surface area contributed by atoms with Gasteiger partial charge in [-0.2, -0.15) is 0 Å². The number of rotatable bonds is 3. The number of nitrogens with zero attached hydrogens (tertiary/aromatic N) is 2. The molecular formula is C14H17N3O. The summed E-state index contributed by atoms with van der Waals surface area (Å²) in [6, 6.07) is 11.5. The summed E-state index contributed by atoms with van der Waals surface area (Å²) in [4.78, 5) is 6.40. The van der Waals surface area contributed by atoms with Gasteiger partial charge in [0, 0.05) is 12.7 Å². The summed E-state index contributed by atoms with van der Waals surface area (Å²) in [5.41, 5.74) is 8.49. The van der Waals surface area contributed by atoms with E-state index < -0.39 is 0 Å². The maximum absolute atomic E-state index is 5.97. The molecule has 0 fully saturated rings. The van der Waals surface area contributed by atoms with Crippen molar-refractivity contribution in [3.63, 3.8) is 0 Å². The number of para-hydroxylation sites is 2. The van der Waals surface area contributed by atoms with Crippen molar-refractivity contribution in [2.24, 2.45) is 0 Å². The van der Waals surface area contributed by atoms with E-state index in [1.807, 2.05) is 55.3 Å². The molecule has 0 amide bonds. The van der Waals surface area contributed by atoms with Crippen LogP contribution < -0.4 is 15.4 Å². The van der Waals surface area contributed by atoms with Crippen LogP contribution in [0, 0.1) is 6.92 Å². The van der Waals surface area contributed by atoms with Crippen LogP contribution in [0.2, 0.25) is 0 Å². The van der Waals surface area contributed by atoms with E-state index in [0.29, 0.717) is 5.69 Å². The lowest BCUT2D eigenvalue weighted by molar-refractivity contribution is 0.415. The third kappa shape index (κ3) is 2.22. The zero-order valence-electron chi connectivity index (χ0n) is 10.8. The highest BCUT2D eigenvalue weighted by Gasteiger charge is 2.13. The summed E-state index contributed by atoms with van der Waals surface area (Å²) < 4.78 is 5.35. The first-order valence-corrected chi connectivity index (χ1v) is 5.73. The van der Waals surface area contributed by atoms with E-state index in [-0.39, 0.29) is 0 Å². The summed E-state index contributed by atoms with van der Waals surface area (Å²) in [5.74, 6) is 1.53. The average Bonchev–Trinajstić information content (AvgIpc) is 2.40. The highest BCUT2D eigenvalue weighted by Crippen LogP contribution is 2.33. The van der Waals surface area contributed by atoms with Gasteiger partial charge in [-0.15, -0.1) is 0 Å². The van der Waals surface area contributed by atoms with Crippen LogP contribution in [0.3, 0.4) is 0 Å². The van der Waals surface area contributed by atoms with Crippen molar-refractivity contribution in [3.05, 3.63) is 42.1 Å². The lowest BCUT2D eigenvalue weighted by atomic mass is 10.2. The molecule has 0 aliphatic carbocycles. The molecule has 18 heavy (non-hydrogen) atoms. The smallest absolute Gasteiger partial charge is 0.156 e. The number of hydrogen-bond donors (Lipinski definition) is 1. The zero-order chi connectivity index (χ0) is 13.1. The van der Waals surface area contributed by atoms with Crippen molar-refractivity contribution in [1.82, 2.24) is 4.98 Å². The number of pyridine rings is 1. The number of aromatic nitrogens is 1. The molecule has 0 saturated carbocycles. The summed E-state index contributed by atoms with van der Waals surface area (Å²) in [6.45, 7) is 1.94. The van der Waals surface area contributed by atoms with Gasteiger partial charge in [-0.25, -0.2) is 4.98 Å². The van der Waals surface area contributed by atoms with Gasteiger partial charge < -0.3 is 15.4 Å². The Labute approximate surface area is 107 Å². The molecule has 2 N–H and O–H groups in total. The Balaban J connectivity index is 2.47. The molecule has 0 aliphatic heterocycles. The van der Waals surface area contributed by atoms with Crippen LogP contribution in [0.25, 0.3) is 0 Å². The Morgan fingerprint density at radius 1 is 1.17 bits per heavy atom. The lowest BCUT2D eigenvalue weighted by Crippen LogP contribution is -2.14. The van der Waals surface area contributed by atoms with Gasteiger partial charge in [0.25, 0.3) is 0 Å². The van der Waals surface area contributed by atoms with Gasteiger partial charge in [0.1, 0.15) is 5.75 Å². The summed E-state index contributed by atoms with van der Waals surface area (Å²) in [7, 11) is 3.58. The maximum Gasteiger partial charge on any atom is 0.156 e. The SMILES string of the molecule is COc1ccccc1N(C)c1nc(C)ccc1N. The van der Waals surface area contributed by atoms with E-state index in [0.717, 1.165) is 22.9 Å². The predicted molar refractivity (Wildman–Crippen MR) is 74.4 cm³/mol. The third-order valence-corrected chi connectivity index (χ3v) is 2.81. The van der Waals surface area contributed by atoms with Gasteiger partial charge in [0.15, 0.2) is 5.82 Å². The van der Waals surface area contributed by atoms with Crippen molar-refractivity contribution < 1.29 is 4.74 Å². The van der Waals surface area contributed by atoms with Crippen molar-refractivity contribution in [2.75, 3.05) is 24.8 Å². The number of benzene rings is 1. The van der Waals surface area contributed by atoms with Gasteiger partial charge in [0.2, 0.25) is 0 Å². The van der Waals surface area contributed by atoms with E-state index >= 15 is 0 Å². The second-order valence-electron chi connectivity index (χ2n) is 4.10. The number of ether oxygens (including phenoxy) is 1. The molecule has 0 bridgehead atoms. The Kier molecular flexibility index (Phi) is 3.37. The maximum atomic E-state index is 5.97. The molecule has 2 aromatic rings. The largest absolute Gasteiger partial charge is 0.495 e. The average molecular weight is 243 g/mol. The Hall–Kier alpha value is -2.23. The second-order valence-corrected chi connectivity index (χ2v) is 4.10. The number of methoxy groups -OCH3 is 1. The molecule has 4 nitrogen and oxygen atoms in total. The van der Waals surface area contributed by atoms with Crippen molar-refractivity contribution in [1.29, 1.82) is 0 Å². The fourth-order valence-electron chi connectivity index (χ4n) is 1.84. The zero-order valence-corrected chi connectivity index (χ0v) is 10.8. The van der Waals surface area contributed by atoms with Crippen LogP contribution in [0.1, 0.15) is 5.69 Å². The molecule has 0 radical (unpaired) electrons. The molecule has 94 valence electrons. The predicted octanol–water partition coefficient (Wildman–Crippen LogP) is 2.75. The minimum atomic E-state index is 0.647. The summed E-state index contributed by atoms with van der Waals surface area (Å²) in [5, 5.41) is 0. The van der Waals surface area contributed by atoms with E-state index in [1.54, 1.807) is 7.11 Å². The van der Waals surface area contributed by atoms with Crippen molar-refractivity contribution in [3.8, 4) is 5.75 Å². The van der Waals surface area contributed by atoms with E-state index in [4.69, 9.17) is 10.5 Å². The van der Waals surface area contributed by atoms with Crippen LogP contribution >= 0.6 is 0 Å². The quantitative estimate of drug-likeness (QED) is 0.900. The Morgan fingerprint density at radius 2 is 1.89 bits per heavy atom. The van der Waals surface area contributed by atoms with Gasteiger partial charge in [-0.05, 0) is 31.2 Å². The number of hydrogen-bond acceptors (Lipinski definition) is 4. The number of anilines is 3. The van der Waals surface area contributed by atoms with Gasteiger partial charge in [0.05, 0.1) is 18.5 Å². The Morgan fingerprint density at radius 3 is 2.61 bits per heavy atom. The fourth-order valence-corrected chi connectivity index (χ4v) is 1.84. The minimum Gasteiger partial charge on any atom is -0.495 e. The van der Waals surface area contributed by atoms with E-state index in [2.05, 4.69) is 4.98 Å². The molecule has 2 rings (SSSR count). The first-order valence-electron chi connectivity index (χ1n) is 5.73. The third-order valence-electron chi connectivity index (χ3n) is 2.81. The Bertz CT molecular complexity index is 554. The summed E-state index contributed by atoms with van der Waals surface area (Å²) >= 11 is 0. The highest BCUT2D eigenvalue weighted by molar-refractivity contribution is 5.74. The lowest BCUT2D eigenvalue weighted by Gasteiger charge is -2.22. The van der Waals surface area contributed by atoms with Crippen LogP contribution in [0.15, 0.2) is 36.4 Å². The van der Waals surface area contributed by atoms with Gasteiger partial charge in [-0.1, -0.05) is 12.1 Å². The number of nitrogens with two attached hydrogens (primary N) is 1. The normalized spacial score (nSPS) is 10.2. The molecule has 0 aliphatic rings. The van der Waals surface area contributed by atoms with Crippen LogP contribution in [-0.4, -0.2) is 19.1 Å². The van der Waals surface area contributed by atoms with Gasteiger partial charge in [-0.3, -0.25) is 0 Å². The first kappa shape index (κ1) is 12.2. The fraction of sp³-hybridized carbons (Fsp3) is 0.214. The second kappa shape index (κ2) is 4.96. The topological polar surface area (TPSA) is 51.4 Å². The molecule has 4 heteroatoms. The van der Waals surface area contributed by atoms with Crippen molar-refractivity contribution >= 4 is 17.2 Å². The molecular weight excluding hydrogens is 226 g/mol. The number of aryl methyl sites for hydroxylation is 1. The number of nitrogen functional groups attached to an aromatic ring is 1. The van der Waals surface area contributed by atoms with Crippen LogP contribution in [0.4, 0.5) is 17.2 Å². The monoisotopic (exact) mass is 243 g/mol. The summed E-state index contributed by atoms with van der Waals surface area (Å²) in [6.07, 6.45) is 0. The molecule has 0 spiro atoms. The van der Waals surface area contributed by atoms with Crippen LogP contribution in [-0.2, 0) is 0 Å². The molecule has 0 unspecified atom stereocenters. The van der Waals surface area contributed by atoms with Gasteiger partial charge >= 0.3 is 0 Å². The standard InChI is InChI=1S/C14H17N3O/c1-10-8-9-11(15)14(16-10)17(2)12-6-4-5-7-13(12)18-3/h4-9H,15H2,1-3H3. The highest BCUT2D eigenvalue weighted by atomic mass is 16.5.